The molecule has 0 aromatic heterocycles. The fourth-order valence-electron chi connectivity index (χ4n) is 3.55. The number of sulfonamides is 1. The second kappa shape index (κ2) is 8.81. The van der Waals surface area contributed by atoms with Gasteiger partial charge in [-0.25, -0.2) is 8.42 Å². The Hall–Kier alpha value is -3.32. The number of carbonyl (C=O) groups excluding carboxylic acids is 1. The van der Waals surface area contributed by atoms with Crippen molar-refractivity contribution in [3.63, 3.8) is 0 Å². The van der Waals surface area contributed by atoms with Crippen LogP contribution in [0.1, 0.15) is 29.3 Å². The van der Waals surface area contributed by atoms with E-state index < -0.39 is 10.0 Å². The number of hydrogen-bond donors (Lipinski definition) is 1. The minimum Gasteiger partial charge on any atom is -0.494 e. The number of anilines is 2. The Morgan fingerprint density at radius 2 is 1.81 bits per heavy atom. The second-order valence-corrected chi connectivity index (χ2v) is 9.17. The topological polar surface area (TPSA) is 75.7 Å². The Morgan fingerprint density at radius 3 is 2.58 bits per heavy atom. The molecule has 160 valence electrons. The van der Waals surface area contributed by atoms with Crippen LogP contribution in [0.5, 0.6) is 5.75 Å². The van der Waals surface area contributed by atoms with Crippen molar-refractivity contribution in [2.45, 2.75) is 24.7 Å². The molecule has 0 unspecified atom stereocenters. The zero-order valence-corrected chi connectivity index (χ0v) is 18.1. The summed E-state index contributed by atoms with van der Waals surface area (Å²) >= 11 is 0. The van der Waals surface area contributed by atoms with Gasteiger partial charge in [0.15, 0.2) is 0 Å². The highest BCUT2D eigenvalue weighted by molar-refractivity contribution is 7.92. The number of rotatable bonds is 7. The molecule has 0 saturated carbocycles. The summed E-state index contributed by atoms with van der Waals surface area (Å²) in [7, 11) is -3.66. The third kappa shape index (κ3) is 4.41. The van der Waals surface area contributed by atoms with Crippen LogP contribution in [0, 0.1) is 0 Å². The van der Waals surface area contributed by atoms with Gasteiger partial charge in [-0.1, -0.05) is 31.2 Å². The maximum Gasteiger partial charge on any atom is 0.264 e. The Balaban J connectivity index is 1.48. The van der Waals surface area contributed by atoms with Crippen LogP contribution < -0.4 is 14.4 Å². The molecule has 0 fully saturated rings. The standard InChI is InChI=1S/C24H24N2O4S/c1-2-16-30-21-8-5-7-19(17-21)24(27)25-20-10-12-22(13-11-20)31(28,29)26-15-14-18-6-3-4-9-23(18)26/h3-13,17H,2,14-16H2,1H3,(H,25,27). The third-order valence-corrected chi connectivity index (χ3v) is 6.94. The first-order valence-electron chi connectivity index (χ1n) is 10.2. The van der Waals surface area contributed by atoms with Crippen LogP contribution in [-0.2, 0) is 16.4 Å². The average Bonchev–Trinajstić information content (AvgIpc) is 3.23. The summed E-state index contributed by atoms with van der Waals surface area (Å²) in [5.41, 5.74) is 2.75. The number of carbonyl (C=O) groups is 1. The van der Waals surface area contributed by atoms with Crippen molar-refractivity contribution in [3.05, 3.63) is 83.9 Å². The summed E-state index contributed by atoms with van der Waals surface area (Å²) in [5, 5.41) is 2.80. The largest absolute Gasteiger partial charge is 0.494 e. The van der Waals surface area contributed by atoms with Crippen molar-refractivity contribution in [1.82, 2.24) is 0 Å². The third-order valence-electron chi connectivity index (χ3n) is 5.11. The Morgan fingerprint density at radius 1 is 1.03 bits per heavy atom. The fraction of sp³-hybridized carbons (Fsp3) is 0.208. The van der Waals surface area contributed by atoms with Crippen LogP contribution in [0.3, 0.4) is 0 Å². The van der Waals surface area contributed by atoms with Crippen molar-refractivity contribution in [1.29, 1.82) is 0 Å². The smallest absolute Gasteiger partial charge is 0.264 e. The van der Waals surface area contributed by atoms with E-state index in [2.05, 4.69) is 5.32 Å². The van der Waals surface area contributed by atoms with Crippen molar-refractivity contribution < 1.29 is 17.9 Å². The number of hydrogen-bond acceptors (Lipinski definition) is 4. The summed E-state index contributed by atoms with van der Waals surface area (Å²) in [4.78, 5) is 12.8. The van der Waals surface area contributed by atoms with Gasteiger partial charge in [0, 0.05) is 17.8 Å². The summed E-state index contributed by atoms with van der Waals surface area (Å²) in [6.45, 7) is 3.03. The van der Waals surface area contributed by atoms with Gasteiger partial charge in [0.2, 0.25) is 0 Å². The van der Waals surface area contributed by atoms with Crippen LogP contribution in [0.2, 0.25) is 0 Å². The van der Waals surface area contributed by atoms with E-state index in [1.807, 2.05) is 37.3 Å². The van der Waals surface area contributed by atoms with Gasteiger partial charge in [0.25, 0.3) is 15.9 Å². The highest BCUT2D eigenvalue weighted by Gasteiger charge is 2.30. The van der Waals surface area contributed by atoms with E-state index in [9.17, 15) is 13.2 Å². The fourth-order valence-corrected chi connectivity index (χ4v) is 5.05. The predicted molar refractivity (Wildman–Crippen MR) is 121 cm³/mol. The van der Waals surface area contributed by atoms with Crippen LogP contribution in [0.25, 0.3) is 0 Å². The van der Waals surface area contributed by atoms with E-state index in [1.165, 1.54) is 16.4 Å². The van der Waals surface area contributed by atoms with Crippen molar-refractivity contribution in [2.75, 3.05) is 22.8 Å². The first-order chi connectivity index (χ1) is 15.0. The zero-order valence-electron chi connectivity index (χ0n) is 17.2. The monoisotopic (exact) mass is 436 g/mol. The van der Waals surface area contributed by atoms with Crippen molar-refractivity contribution in [2.24, 2.45) is 0 Å². The molecule has 0 saturated heterocycles. The first kappa shape index (κ1) is 20.9. The second-order valence-electron chi connectivity index (χ2n) is 7.31. The summed E-state index contributed by atoms with van der Waals surface area (Å²) in [6.07, 6.45) is 1.58. The lowest BCUT2D eigenvalue weighted by atomic mass is 10.2. The number of nitrogens with one attached hydrogen (secondary N) is 1. The van der Waals surface area contributed by atoms with Crippen LogP contribution in [0.4, 0.5) is 11.4 Å². The zero-order chi connectivity index (χ0) is 21.8. The number of fused-ring (bicyclic) bond motifs is 1. The van der Waals surface area contributed by atoms with E-state index in [4.69, 9.17) is 4.74 Å². The Kier molecular flexibility index (Phi) is 5.95. The molecule has 7 heteroatoms. The molecule has 3 aromatic rings. The van der Waals surface area contributed by atoms with Gasteiger partial charge in [-0.05, 0) is 66.9 Å². The molecule has 6 nitrogen and oxygen atoms in total. The minimum atomic E-state index is -3.66. The van der Waals surface area contributed by atoms with Gasteiger partial charge < -0.3 is 10.1 Å². The molecule has 0 bridgehead atoms. The van der Waals surface area contributed by atoms with Gasteiger partial charge in [0.05, 0.1) is 17.2 Å². The number of nitrogens with zero attached hydrogens (tertiary/aromatic N) is 1. The summed E-state index contributed by atoms with van der Waals surface area (Å²) in [6, 6.07) is 20.7. The van der Waals surface area contributed by atoms with Gasteiger partial charge in [-0.2, -0.15) is 0 Å². The molecule has 1 heterocycles. The quantitative estimate of drug-likeness (QED) is 0.593. The lowest BCUT2D eigenvalue weighted by molar-refractivity contribution is 0.102. The van der Waals surface area contributed by atoms with E-state index >= 15 is 0 Å². The Bertz CT molecular complexity index is 1190. The van der Waals surface area contributed by atoms with Gasteiger partial charge in [-0.15, -0.1) is 0 Å². The highest BCUT2D eigenvalue weighted by Crippen LogP contribution is 2.32. The summed E-state index contributed by atoms with van der Waals surface area (Å²) in [5.74, 6) is 0.355. The number of benzene rings is 3. The van der Waals surface area contributed by atoms with E-state index in [0.717, 1.165) is 17.7 Å². The van der Waals surface area contributed by atoms with E-state index in [0.29, 0.717) is 36.6 Å². The molecule has 0 aliphatic carbocycles. The van der Waals surface area contributed by atoms with Crippen LogP contribution >= 0.6 is 0 Å². The van der Waals surface area contributed by atoms with Gasteiger partial charge in [0.1, 0.15) is 5.75 Å². The highest BCUT2D eigenvalue weighted by atomic mass is 32.2. The predicted octanol–water partition coefficient (Wildman–Crippen LogP) is 4.48. The Labute approximate surface area is 182 Å². The molecule has 0 atom stereocenters. The normalized spacial score (nSPS) is 13.0. The van der Waals surface area contributed by atoms with Crippen LogP contribution in [-0.4, -0.2) is 27.5 Å². The maximum atomic E-state index is 13.1. The van der Waals surface area contributed by atoms with Crippen LogP contribution in [0.15, 0.2) is 77.7 Å². The number of para-hydroxylation sites is 1. The molecule has 0 spiro atoms. The number of ether oxygens (including phenoxy) is 1. The molecule has 1 N–H and O–H groups in total. The molecule has 0 radical (unpaired) electrons. The van der Waals surface area contributed by atoms with Crippen molar-refractivity contribution >= 4 is 27.3 Å². The molecule has 1 amide bonds. The molecular formula is C24H24N2O4S. The molecular weight excluding hydrogens is 412 g/mol. The maximum absolute atomic E-state index is 13.1. The van der Waals surface area contributed by atoms with Gasteiger partial charge in [-0.3, -0.25) is 9.10 Å². The number of amides is 1. The summed E-state index contributed by atoms with van der Waals surface area (Å²) < 4.78 is 33.2. The molecule has 1 aliphatic rings. The SMILES string of the molecule is CCCOc1cccc(C(=O)Nc2ccc(S(=O)(=O)N3CCc4ccccc43)cc2)c1. The first-order valence-corrected chi connectivity index (χ1v) is 11.7. The molecule has 3 aromatic carbocycles. The molecule has 31 heavy (non-hydrogen) atoms. The lowest BCUT2D eigenvalue weighted by Crippen LogP contribution is -2.29. The average molecular weight is 437 g/mol. The lowest BCUT2D eigenvalue weighted by Gasteiger charge is -2.19. The van der Waals surface area contributed by atoms with Crippen molar-refractivity contribution in [3.8, 4) is 5.75 Å². The minimum absolute atomic E-state index is 0.192. The van der Waals surface area contributed by atoms with E-state index in [-0.39, 0.29) is 10.8 Å². The van der Waals surface area contributed by atoms with E-state index in [1.54, 1.807) is 30.3 Å². The molecule has 4 rings (SSSR count). The molecule has 1 aliphatic heterocycles. The van der Waals surface area contributed by atoms with Gasteiger partial charge >= 0.3 is 0 Å².